The highest BCUT2D eigenvalue weighted by molar-refractivity contribution is 5.41. The van der Waals surface area contributed by atoms with Gasteiger partial charge in [0, 0.05) is 0 Å². The Kier molecular flexibility index (Phi) is 2.72. The lowest BCUT2D eigenvalue weighted by Gasteiger charge is -2.28. The molecule has 0 aliphatic heterocycles. The first-order chi connectivity index (χ1) is 6.83. The van der Waals surface area contributed by atoms with Crippen molar-refractivity contribution in [3.05, 3.63) is 47.6 Å². The second kappa shape index (κ2) is 4.00. The zero-order chi connectivity index (χ0) is 9.97. The Morgan fingerprint density at radius 1 is 1.29 bits per heavy atom. The summed E-state index contributed by atoms with van der Waals surface area (Å²) in [6, 6.07) is 0. The number of rotatable bonds is 1. The van der Waals surface area contributed by atoms with E-state index in [1.54, 1.807) is 0 Å². The second-order valence-corrected chi connectivity index (χ2v) is 4.21. The van der Waals surface area contributed by atoms with Crippen LogP contribution in [0.2, 0.25) is 0 Å². The molecule has 0 fully saturated rings. The molecule has 0 heterocycles. The van der Waals surface area contributed by atoms with Crippen molar-refractivity contribution in [2.45, 2.75) is 32.6 Å². The molecular weight excluding hydrogens is 168 g/mol. The van der Waals surface area contributed by atoms with Crippen molar-refractivity contribution < 1.29 is 0 Å². The summed E-state index contributed by atoms with van der Waals surface area (Å²) in [4.78, 5) is 0. The Labute approximate surface area is 86.7 Å². The molecule has 0 saturated heterocycles. The van der Waals surface area contributed by atoms with E-state index in [4.69, 9.17) is 0 Å². The van der Waals surface area contributed by atoms with E-state index in [2.05, 4.69) is 31.7 Å². The fourth-order valence-corrected chi connectivity index (χ4v) is 2.40. The van der Waals surface area contributed by atoms with Crippen molar-refractivity contribution in [2.75, 3.05) is 0 Å². The maximum absolute atomic E-state index is 3.85. The molecule has 0 saturated carbocycles. The van der Waals surface area contributed by atoms with Gasteiger partial charge in [0.05, 0.1) is 0 Å². The van der Waals surface area contributed by atoms with E-state index < -0.39 is 0 Å². The van der Waals surface area contributed by atoms with Gasteiger partial charge < -0.3 is 0 Å². The molecule has 1 atom stereocenters. The Morgan fingerprint density at radius 3 is 2.79 bits per heavy atom. The molecular formula is C14H18. The van der Waals surface area contributed by atoms with Gasteiger partial charge in [0.15, 0.2) is 0 Å². The first-order valence-electron chi connectivity index (χ1n) is 5.53. The summed E-state index contributed by atoms with van der Waals surface area (Å²) < 4.78 is 0. The Morgan fingerprint density at radius 2 is 2.07 bits per heavy atom. The topological polar surface area (TPSA) is 0 Å². The first kappa shape index (κ1) is 9.51. The van der Waals surface area contributed by atoms with Crippen LogP contribution in [0.25, 0.3) is 0 Å². The van der Waals surface area contributed by atoms with Gasteiger partial charge in [-0.3, -0.25) is 0 Å². The molecule has 0 radical (unpaired) electrons. The van der Waals surface area contributed by atoms with Crippen molar-refractivity contribution in [3.63, 3.8) is 0 Å². The molecule has 0 amide bonds. The SMILES string of the molecule is C=CC1=CC2=C/C(=C/C)CCC2CC1. The number of fused-ring (bicyclic) bond motifs is 1. The highest BCUT2D eigenvalue weighted by Gasteiger charge is 2.21. The van der Waals surface area contributed by atoms with E-state index in [9.17, 15) is 0 Å². The highest BCUT2D eigenvalue weighted by atomic mass is 14.3. The zero-order valence-corrected chi connectivity index (χ0v) is 8.92. The van der Waals surface area contributed by atoms with Crippen LogP contribution in [0, 0.1) is 5.92 Å². The molecule has 0 N–H and O–H groups in total. The van der Waals surface area contributed by atoms with Gasteiger partial charge in [0.1, 0.15) is 0 Å². The molecule has 0 aromatic rings. The quantitative estimate of drug-likeness (QED) is 0.576. The van der Waals surface area contributed by atoms with Gasteiger partial charge in [-0.2, -0.15) is 0 Å². The third-order valence-corrected chi connectivity index (χ3v) is 3.37. The van der Waals surface area contributed by atoms with Crippen LogP contribution in [0.3, 0.4) is 0 Å². The molecule has 2 aliphatic carbocycles. The lowest BCUT2D eigenvalue weighted by molar-refractivity contribution is 0.502. The summed E-state index contributed by atoms with van der Waals surface area (Å²) in [5.41, 5.74) is 4.44. The van der Waals surface area contributed by atoms with Crippen LogP contribution in [0.4, 0.5) is 0 Å². The van der Waals surface area contributed by atoms with Crippen molar-refractivity contribution in [1.29, 1.82) is 0 Å². The molecule has 0 aromatic carbocycles. The summed E-state index contributed by atoms with van der Waals surface area (Å²) in [7, 11) is 0. The van der Waals surface area contributed by atoms with Gasteiger partial charge in [-0.25, -0.2) is 0 Å². The number of hydrogen-bond donors (Lipinski definition) is 0. The Bertz CT molecular complexity index is 326. The van der Waals surface area contributed by atoms with Crippen molar-refractivity contribution in [1.82, 2.24) is 0 Å². The Hall–Kier alpha value is -1.04. The summed E-state index contributed by atoms with van der Waals surface area (Å²) in [6.07, 6.45) is 14.1. The molecule has 0 bridgehead atoms. The van der Waals surface area contributed by atoms with Crippen LogP contribution in [0.1, 0.15) is 32.6 Å². The van der Waals surface area contributed by atoms with Gasteiger partial charge in [0.25, 0.3) is 0 Å². The molecule has 0 heteroatoms. The van der Waals surface area contributed by atoms with Crippen LogP contribution in [-0.2, 0) is 0 Å². The van der Waals surface area contributed by atoms with Crippen LogP contribution < -0.4 is 0 Å². The molecule has 0 nitrogen and oxygen atoms in total. The predicted octanol–water partition coefficient (Wildman–Crippen LogP) is 4.18. The lowest BCUT2D eigenvalue weighted by Crippen LogP contribution is -2.12. The minimum atomic E-state index is 0.822. The van der Waals surface area contributed by atoms with E-state index in [1.165, 1.54) is 42.4 Å². The van der Waals surface area contributed by atoms with Crippen LogP contribution in [0.15, 0.2) is 47.6 Å². The van der Waals surface area contributed by atoms with Gasteiger partial charge in [0.2, 0.25) is 0 Å². The van der Waals surface area contributed by atoms with Crippen molar-refractivity contribution in [3.8, 4) is 0 Å². The average Bonchev–Trinajstić information content (AvgIpc) is 2.27. The van der Waals surface area contributed by atoms with Gasteiger partial charge >= 0.3 is 0 Å². The third-order valence-electron chi connectivity index (χ3n) is 3.37. The van der Waals surface area contributed by atoms with E-state index in [1.807, 2.05) is 6.08 Å². The van der Waals surface area contributed by atoms with E-state index in [-0.39, 0.29) is 0 Å². The monoisotopic (exact) mass is 186 g/mol. The van der Waals surface area contributed by atoms with Crippen LogP contribution >= 0.6 is 0 Å². The Balaban J connectivity index is 2.31. The standard InChI is InChI=1S/C14H18/c1-3-11-5-7-13-8-6-12(4-2)10-14(13)9-11/h3-4,9-10,13H,1,5-8H2,2H3/b12-4+. The normalized spacial score (nSPS) is 29.2. The van der Waals surface area contributed by atoms with E-state index in [0.717, 1.165) is 5.92 Å². The summed E-state index contributed by atoms with van der Waals surface area (Å²) in [5.74, 6) is 0.822. The number of hydrogen-bond acceptors (Lipinski definition) is 0. The van der Waals surface area contributed by atoms with Crippen molar-refractivity contribution in [2.24, 2.45) is 5.92 Å². The number of allylic oxidation sites excluding steroid dienone is 7. The molecule has 0 aromatic heterocycles. The van der Waals surface area contributed by atoms with Crippen LogP contribution in [-0.4, -0.2) is 0 Å². The molecule has 1 unspecified atom stereocenters. The summed E-state index contributed by atoms with van der Waals surface area (Å²) in [5, 5.41) is 0. The zero-order valence-electron chi connectivity index (χ0n) is 8.92. The largest absolute Gasteiger partial charge is 0.0988 e. The molecule has 2 rings (SSSR count). The second-order valence-electron chi connectivity index (χ2n) is 4.21. The van der Waals surface area contributed by atoms with Gasteiger partial charge in [-0.15, -0.1) is 0 Å². The maximum Gasteiger partial charge on any atom is -0.0155 e. The summed E-state index contributed by atoms with van der Waals surface area (Å²) >= 11 is 0. The van der Waals surface area contributed by atoms with Crippen molar-refractivity contribution >= 4 is 0 Å². The van der Waals surface area contributed by atoms with E-state index >= 15 is 0 Å². The fraction of sp³-hybridized carbons (Fsp3) is 0.429. The molecule has 74 valence electrons. The van der Waals surface area contributed by atoms with Gasteiger partial charge in [-0.1, -0.05) is 36.5 Å². The molecule has 14 heavy (non-hydrogen) atoms. The van der Waals surface area contributed by atoms with Gasteiger partial charge in [-0.05, 0) is 49.7 Å². The lowest BCUT2D eigenvalue weighted by atomic mass is 9.77. The van der Waals surface area contributed by atoms with E-state index in [0.29, 0.717) is 0 Å². The third kappa shape index (κ3) is 1.75. The fourth-order valence-electron chi connectivity index (χ4n) is 2.40. The van der Waals surface area contributed by atoms with Crippen LogP contribution in [0.5, 0.6) is 0 Å². The average molecular weight is 186 g/mol. The first-order valence-corrected chi connectivity index (χ1v) is 5.53. The smallest absolute Gasteiger partial charge is 0.0155 e. The predicted molar refractivity (Wildman–Crippen MR) is 62.1 cm³/mol. The molecule has 2 aliphatic rings. The summed E-state index contributed by atoms with van der Waals surface area (Å²) in [6.45, 7) is 5.98. The minimum absolute atomic E-state index is 0.822. The molecule has 0 spiro atoms. The maximum atomic E-state index is 3.85. The minimum Gasteiger partial charge on any atom is -0.0988 e. The highest BCUT2D eigenvalue weighted by Crippen LogP contribution is 2.37.